The quantitative estimate of drug-likeness (QED) is 0.821. The predicted molar refractivity (Wildman–Crippen MR) is 83.8 cm³/mol. The highest BCUT2D eigenvalue weighted by Crippen LogP contribution is 2.26. The Kier molecular flexibility index (Phi) is 5.05. The lowest BCUT2D eigenvalue weighted by Gasteiger charge is -2.06. The summed E-state index contributed by atoms with van der Waals surface area (Å²) in [5, 5.41) is 10.6. The van der Waals surface area contributed by atoms with Gasteiger partial charge in [0.05, 0.1) is 6.07 Å². The molecule has 2 aromatic rings. The van der Waals surface area contributed by atoms with Crippen molar-refractivity contribution in [3.63, 3.8) is 0 Å². The van der Waals surface area contributed by atoms with E-state index in [4.69, 9.17) is 22.6 Å². The Morgan fingerprint density at radius 1 is 1.45 bits per heavy atom. The molecule has 0 saturated carbocycles. The third-order valence-electron chi connectivity index (χ3n) is 3.62. The van der Waals surface area contributed by atoms with Crippen LogP contribution in [0.5, 0.6) is 0 Å². The van der Waals surface area contributed by atoms with Crippen LogP contribution in [0.15, 0.2) is 24.4 Å². The first-order chi connectivity index (χ1) is 9.65. The monoisotopic (exact) mass is 289 g/mol. The fraction of sp³-hybridized carbons (Fsp3) is 0.438. The fourth-order valence-electron chi connectivity index (χ4n) is 2.44. The number of hydrogen-bond donors (Lipinski definition) is 1. The average molecular weight is 290 g/mol. The van der Waals surface area contributed by atoms with E-state index < -0.39 is 0 Å². The molecule has 0 spiro atoms. The number of halogens is 1. The van der Waals surface area contributed by atoms with E-state index >= 15 is 0 Å². The fourth-order valence-corrected chi connectivity index (χ4v) is 2.61. The van der Waals surface area contributed by atoms with Crippen LogP contribution in [-0.4, -0.2) is 10.6 Å². The van der Waals surface area contributed by atoms with Gasteiger partial charge in [-0.1, -0.05) is 24.6 Å². The summed E-state index contributed by atoms with van der Waals surface area (Å²) in [7, 11) is 0. The number of fused-ring (bicyclic) bond motifs is 1. The zero-order valence-electron chi connectivity index (χ0n) is 11.8. The Labute approximate surface area is 124 Å². The minimum atomic E-state index is 0.184. The molecule has 0 aliphatic rings. The second kappa shape index (κ2) is 6.78. The molecule has 0 radical (unpaired) electrons. The second-order valence-corrected chi connectivity index (χ2v) is 5.58. The zero-order chi connectivity index (χ0) is 14.5. The lowest BCUT2D eigenvalue weighted by atomic mass is 10.0. The van der Waals surface area contributed by atoms with E-state index in [0.29, 0.717) is 6.42 Å². The molecule has 0 aliphatic carbocycles. The number of aryl methyl sites for hydroxylation is 1. The SMILES string of the molecule is CCC(N)Cc1cn(CCCC#N)c2cc(Cl)ccc12. The summed E-state index contributed by atoms with van der Waals surface area (Å²) >= 11 is 6.10. The molecule has 1 unspecified atom stereocenters. The van der Waals surface area contributed by atoms with E-state index in [1.54, 1.807) is 0 Å². The van der Waals surface area contributed by atoms with Crippen LogP contribution in [0.1, 0.15) is 31.7 Å². The molecule has 1 heterocycles. The van der Waals surface area contributed by atoms with Gasteiger partial charge in [-0.3, -0.25) is 0 Å². The Morgan fingerprint density at radius 3 is 2.95 bits per heavy atom. The Hall–Kier alpha value is -1.50. The van der Waals surface area contributed by atoms with Gasteiger partial charge in [0.25, 0.3) is 0 Å². The number of nitrogens with zero attached hydrogens (tertiary/aromatic N) is 2. The van der Waals surface area contributed by atoms with Crippen LogP contribution in [0, 0.1) is 11.3 Å². The van der Waals surface area contributed by atoms with Gasteiger partial charge in [-0.05, 0) is 37.0 Å². The van der Waals surface area contributed by atoms with E-state index in [1.165, 1.54) is 10.9 Å². The summed E-state index contributed by atoms with van der Waals surface area (Å²) in [6.07, 6.45) is 5.43. The van der Waals surface area contributed by atoms with E-state index in [9.17, 15) is 0 Å². The van der Waals surface area contributed by atoms with Crippen LogP contribution in [0.25, 0.3) is 10.9 Å². The van der Waals surface area contributed by atoms with Gasteiger partial charge in [0.2, 0.25) is 0 Å². The van der Waals surface area contributed by atoms with E-state index in [0.717, 1.165) is 36.3 Å². The second-order valence-electron chi connectivity index (χ2n) is 5.14. The molecule has 0 saturated heterocycles. The Morgan fingerprint density at radius 2 is 2.25 bits per heavy atom. The lowest BCUT2D eigenvalue weighted by molar-refractivity contribution is 0.639. The summed E-state index contributed by atoms with van der Waals surface area (Å²) in [6.45, 7) is 2.94. The first-order valence-electron chi connectivity index (χ1n) is 7.05. The smallest absolute Gasteiger partial charge is 0.0622 e. The molecule has 0 aliphatic heterocycles. The molecule has 20 heavy (non-hydrogen) atoms. The highest BCUT2D eigenvalue weighted by Gasteiger charge is 2.11. The molecule has 1 atom stereocenters. The average Bonchev–Trinajstić information content (AvgIpc) is 2.76. The van der Waals surface area contributed by atoms with Gasteiger partial charge >= 0.3 is 0 Å². The molecule has 1 aromatic carbocycles. The van der Waals surface area contributed by atoms with Crippen molar-refractivity contribution in [2.45, 2.75) is 45.2 Å². The lowest BCUT2D eigenvalue weighted by Crippen LogP contribution is -2.21. The first-order valence-corrected chi connectivity index (χ1v) is 7.43. The Balaban J connectivity index is 2.35. The van der Waals surface area contributed by atoms with Crippen molar-refractivity contribution in [3.05, 3.63) is 35.0 Å². The minimum absolute atomic E-state index is 0.184. The molecule has 2 rings (SSSR count). The molecule has 0 amide bonds. The van der Waals surface area contributed by atoms with Gasteiger partial charge in [-0.2, -0.15) is 5.26 Å². The maximum atomic E-state index is 8.66. The molecule has 2 N–H and O–H groups in total. The van der Waals surface area contributed by atoms with Crippen molar-refractivity contribution in [3.8, 4) is 6.07 Å². The summed E-state index contributed by atoms with van der Waals surface area (Å²) in [6, 6.07) is 8.35. The zero-order valence-corrected chi connectivity index (χ0v) is 12.5. The van der Waals surface area contributed by atoms with Crippen molar-refractivity contribution in [1.29, 1.82) is 5.26 Å². The van der Waals surface area contributed by atoms with Gasteiger partial charge in [-0.25, -0.2) is 0 Å². The number of benzene rings is 1. The molecular weight excluding hydrogens is 270 g/mol. The van der Waals surface area contributed by atoms with Crippen molar-refractivity contribution >= 4 is 22.5 Å². The van der Waals surface area contributed by atoms with Crippen LogP contribution in [0.3, 0.4) is 0 Å². The van der Waals surface area contributed by atoms with Crippen LogP contribution in [0.4, 0.5) is 0 Å². The van der Waals surface area contributed by atoms with Gasteiger partial charge in [0, 0.05) is 41.1 Å². The molecule has 1 aromatic heterocycles. The number of rotatable bonds is 6. The predicted octanol–water partition coefficient (Wildman–Crippen LogP) is 3.88. The van der Waals surface area contributed by atoms with Crippen molar-refractivity contribution in [2.24, 2.45) is 5.73 Å². The Bertz CT molecular complexity index is 624. The number of aromatic nitrogens is 1. The minimum Gasteiger partial charge on any atom is -0.347 e. The summed E-state index contributed by atoms with van der Waals surface area (Å²) in [5.74, 6) is 0. The maximum Gasteiger partial charge on any atom is 0.0622 e. The largest absolute Gasteiger partial charge is 0.347 e. The van der Waals surface area contributed by atoms with Crippen LogP contribution in [0.2, 0.25) is 5.02 Å². The molecular formula is C16H20ClN3. The molecule has 3 nitrogen and oxygen atoms in total. The number of unbranched alkanes of at least 4 members (excludes halogenated alkanes) is 1. The van der Waals surface area contributed by atoms with Gasteiger partial charge in [0.15, 0.2) is 0 Å². The molecule has 106 valence electrons. The van der Waals surface area contributed by atoms with E-state index in [1.807, 2.05) is 12.1 Å². The summed E-state index contributed by atoms with van der Waals surface area (Å²) in [4.78, 5) is 0. The summed E-state index contributed by atoms with van der Waals surface area (Å²) < 4.78 is 2.19. The van der Waals surface area contributed by atoms with Crippen molar-refractivity contribution < 1.29 is 0 Å². The third-order valence-corrected chi connectivity index (χ3v) is 3.86. The number of nitriles is 1. The summed E-state index contributed by atoms with van der Waals surface area (Å²) in [5.41, 5.74) is 8.48. The standard InChI is InChI=1S/C16H20ClN3/c1-2-14(19)9-12-11-20(8-4-3-7-18)16-10-13(17)5-6-15(12)16/h5-6,10-11,14H,2-4,8-9,19H2,1H3. The molecule has 0 fully saturated rings. The van der Waals surface area contributed by atoms with Crippen molar-refractivity contribution in [2.75, 3.05) is 0 Å². The van der Waals surface area contributed by atoms with E-state index in [2.05, 4.69) is 29.8 Å². The van der Waals surface area contributed by atoms with Crippen LogP contribution >= 0.6 is 11.6 Å². The van der Waals surface area contributed by atoms with Crippen molar-refractivity contribution in [1.82, 2.24) is 4.57 Å². The molecule has 4 heteroatoms. The van der Waals surface area contributed by atoms with Gasteiger partial charge < -0.3 is 10.3 Å². The van der Waals surface area contributed by atoms with Crippen LogP contribution < -0.4 is 5.73 Å². The number of nitrogens with two attached hydrogens (primary N) is 1. The third kappa shape index (κ3) is 3.33. The van der Waals surface area contributed by atoms with Gasteiger partial charge in [-0.15, -0.1) is 0 Å². The first kappa shape index (κ1) is 14.9. The topological polar surface area (TPSA) is 54.7 Å². The highest BCUT2D eigenvalue weighted by atomic mass is 35.5. The normalized spacial score (nSPS) is 12.5. The van der Waals surface area contributed by atoms with Gasteiger partial charge in [0.1, 0.15) is 0 Å². The highest BCUT2D eigenvalue weighted by molar-refractivity contribution is 6.31. The maximum absolute atomic E-state index is 8.66. The van der Waals surface area contributed by atoms with E-state index in [-0.39, 0.29) is 6.04 Å². The number of hydrogen-bond acceptors (Lipinski definition) is 2. The van der Waals surface area contributed by atoms with Crippen LogP contribution in [-0.2, 0) is 13.0 Å². The molecule has 0 bridgehead atoms.